The van der Waals surface area contributed by atoms with Gasteiger partial charge in [0.1, 0.15) is 0 Å². The number of hydrogen-bond donors (Lipinski definition) is 1. The van der Waals surface area contributed by atoms with Crippen LogP contribution in [0.1, 0.15) is 26.8 Å². The van der Waals surface area contributed by atoms with Gasteiger partial charge in [-0.3, -0.25) is 14.8 Å². The number of carbonyl (C=O) groups is 1. The molecule has 0 atom stereocenters. The first-order chi connectivity index (χ1) is 9.61. The van der Waals surface area contributed by atoms with Crippen LogP contribution < -0.4 is 5.32 Å². The Morgan fingerprint density at radius 1 is 1.38 bits per heavy atom. The fourth-order valence-corrected chi connectivity index (χ4v) is 3.18. The Labute approximate surface area is 130 Å². The minimum Gasteiger partial charge on any atom is -0.296 e. The molecule has 2 aromatic rings. The average Bonchev–Trinajstić information content (AvgIpc) is 2.78. The summed E-state index contributed by atoms with van der Waals surface area (Å²) < 4.78 is 38.7. The highest BCUT2D eigenvalue weighted by Crippen LogP contribution is 2.36. The Kier molecular flexibility index (Phi) is 4.11. The molecular weight excluding hydrogens is 373 g/mol. The first-order valence-electron chi connectivity index (χ1n) is 5.66. The molecule has 5 nitrogen and oxygen atoms in total. The summed E-state index contributed by atoms with van der Waals surface area (Å²) in [4.78, 5) is 17.0. The van der Waals surface area contributed by atoms with Gasteiger partial charge in [-0.2, -0.15) is 18.3 Å². The number of amides is 1. The van der Waals surface area contributed by atoms with Crippen LogP contribution in [0.4, 0.5) is 18.3 Å². The largest absolute Gasteiger partial charge is 0.434 e. The van der Waals surface area contributed by atoms with Crippen LogP contribution in [-0.4, -0.2) is 20.7 Å². The molecule has 1 amide bonds. The van der Waals surface area contributed by atoms with Crippen LogP contribution in [0.2, 0.25) is 0 Å². The lowest BCUT2D eigenvalue weighted by Crippen LogP contribution is -2.13. The van der Waals surface area contributed by atoms with Crippen LogP contribution in [0.15, 0.2) is 4.47 Å². The summed E-state index contributed by atoms with van der Waals surface area (Å²) >= 11 is 4.03. The third-order valence-corrected chi connectivity index (χ3v) is 4.46. The van der Waals surface area contributed by atoms with Gasteiger partial charge in [0.2, 0.25) is 0 Å². The molecule has 2 aromatic heterocycles. The number of anilines is 1. The van der Waals surface area contributed by atoms with Gasteiger partial charge >= 0.3 is 6.18 Å². The van der Waals surface area contributed by atoms with Crippen LogP contribution in [-0.2, 0) is 13.2 Å². The molecule has 0 aromatic carbocycles. The third-order valence-electron chi connectivity index (χ3n) is 2.72. The van der Waals surface area contributed by atoms with E-state index in [9.17, 15) is 18.0 Å². The highest BCUT2D eigenvalue weighted by Gasteiger charge is 2.39. The van der Waals surface area contributed by atoms with Crippen LogP contribution in [0.5, 0.6) is 0 Å². The molecule has 1 N–H and O–H groups in total. The molecule has 0 saturated heterocycles. The summed E-state index contributed by atoms with van der Waals surface area (Å²) in [6.45, 7) is 3.61. The molecule has 10 heteroatoms. The number of nitrogens with one attached hydrogen (secondary N) is 1. The minimum absolute atomic E-state index is 0.320. The second-order valence-corrected chi connectivity index (χ2v) is 6.24. The predicted octanol–water partition coefficient (Wildman–Crippen LogP) is 3.53. The van der Waals surface area contributed by atoms with Crippen molar-refractivity contribution in [3.8, 4) is 0 Å². The van der Waals surface area contributed by atoms with Gasteiger partial charge in [0, 0.05) is 11.9 Å². The number of aryl methyl sites for hydroxylation is 3. The van der Waals surface area contributed by atoms with E-state index >= 15 is 0 Å². The summed E-state index contributed by atoms with van der Waals surface area (Å²) in [6, 6.07) is 0. The predicted molar refractivity (Wildman–Crippen MR) is 75.5 cm³/mol. The number of nitrogens with zero attached hydrogens (tertiary/aromatic N) is 3. The minimum atomic E-state index is -4.60. The van der Waals surface area contributed by atoms with Crippen molar-refractivity contribution >= 4 is 38.3 Å². The van der Waals surface area contributed by atoms with E-state index in [1.165, 1.54) is 11.3 Å². The summed E-state index contributed by atoms with van der Waals surface area (Å²) in [5.74, 6) is -0.748. The number of hydrogen-bond acceptors (Lipinski definition) is 4. The maximum Gasteiger partial charge on any atom is 0.434 e. The zero-order valence-electron chi connectivity index (χ0n) is 11.2. The summed E-state index contributed by atoms with van der Waals surface area (Å²) in [5, 5.41) is 6.39. The van der Waals surface area contributed by atoms with Crippen molar-refractivity contribution in [3.63, 3.8) is 0 Å². The van der Waals surface area contributed by atoms with Crippen molar-refractivity contribution in [1.82, 2.24) is 14.8 Å². The lowest BCUT2D eigenvalue weighted by Gasteiger charge is -2.06. The average molecular weight is 383 g/mol. The Morgan fingerprint density at radius 3 is 2.43 bits per heavy atom. The van der Waals surface area contributed by atoms with Crippen molar-refractivity contribution in [2.75, 3.05) is 5.32 Å². The maximum absolute atomic E-state index is 12.8. The summed E-state index contributed by atoms with van der Waals surface area (Å²) in [6.07, 6.45) is -4.60. The zero-order chi connectivity index (χ0) is 15.9. The fourth-order valence-electron chi connectivity index (χ4n) is 1.63. The molecule has 0 aliphatic heterocycles. The first kappa shape index (κ1) is 16.0. The number of carbonyl (C=O) groups excluding carboxylic acids is 1. The lowest BCUT2D eigenvalue weighted by atomic mass is 10.3. The van der Waals surface area contributed by atoms with E-state index < -0.39 is 17.8 Å². The molecule has 0 fully saturated rings. The van der Waals surface area contributed by atoms with Gasteiger partial charge in [-0.15, -0.1) is 11.3 Å². The van der Waals surface area contributed by atoms with Crippen LogP contribution in [0.25, 0.3) is 0 Å². The second-order valence-electron chi connectivity index (χ2n) is 4.25. The molecule has 0 unspecified atom stereocenters. The number of rotatable bonds is 2. The highest BCUT2D eigenvalue weighted by atomic mass is 79.9. The molecule has 114 valence electrons. The smallest absolute Gasteiger partial charge is 0.296 e. The van der Waals surface area contributed by atoms with Gasteiger partial charge in [-0.1, -0.05) is 0 Å². The van der Waals surface area contributed by atoms with Crippen molar-refractivity contribution in [1.29, 1.82) is 0 Å². The molecule has 0 bridgehead atoms. The van der Waals surface area contributed by atoms with E-state index in [4.69, 9.17) is 0 Å². The standard InChI is InChI=1S/C11H10BrF3N4OS/c1-4-5(2)21-10(16-4)17-9(20)7-6(12)8(11(13,14)15)19(3)18-7/h1-3H3,(H,16,17,20). The van der Waals surface area contributed by atoms with Gasteiger partial charge in [0.25, 0.3) is 5.91 Å². The number of alkyl halides is 3. The van der Waals surface area contributed by atoms with Gasteiger partial charge in [0.15, 0.2) is 16.5 Å². The van der Waals surface area contributed by atoms with E-state index in [0.717, 1.165) is 17.6 Å². The van der Waals surface area contributed by atoms with Gasteiger partial charge < -0.3 is 0 Å². The van der Waals surface area contributed by atoms with E-state index in [2.05, 4.69) is 31.3 Å². The highest BCUT2D eigenvalue weighted by molar-refractivity contribution is 9.10. The van der Waals surface area contributed by atoms with E-state index in [0.29, 0.717) is 9.81 Å². The number of halogens is 4. The Balaban J connectivity index is 2.32. The number of aromatic nitrogens is 3. The molecule has 0 aliphatic rings. The molecule has 0 aliphatic carbocycles. The normalized spacial score (nSPS) is 11.8. The molecule has 0 saturated carbocycles. The van der Waals surface area contributed by atoms with Gasteiger partial charge in [-0.25, -0.2) is 4.98 Å². The monoisotopic (exact) mass is 382 g/mol. The van der Waals surface area contributed by atoms with Crippen LogP contribution in [0, 0.1) is 13.8 Å². The van der Waals surface area contributed by atoms with Crippen molar-refractivity contribution in [2.45, 2.75) is 20.0 Å². The van der Waals surface area contributed by atoms with Crippen molar-refractivity contribution in [2.24, 2.45) is 7.05 Å². The van der Waals surface area contributed by atoms with Gasteiger partial charge in [0.05, 0.1) is 10.2 Å². The lowest BCUT2D eigenvalue weighted by molar-refractivity contribution is -0.144. The molecule has 0 radical (unpaired) electrons. The number of thiazole rings is 1. The molecule has 21 heavy (non-hydrogen) atoms. The first-order valence-corrected chi connectivity index (χ1v) is 7.27. The maximum atomic E-state index is 12.8. The van der Waals surface area contributed by atoms with Crippen molar-refractivity contribution < 1.29 is 18.0 Å². The second kappa shape index (κ2) is 5.41. The van der Waals surface area contributed by atoms with E-state index in [1.807, 2.05) is 6.92 Å². The molecule has 0 spiro atoms. The molecule has 2 heterocycles. The van der Waals surface area contributed by atoms with Crippen molar-refractivity contribution in [3.05, 3.63) is 26.4 Å². The summed E-state index contributed by atoms with van der Waals surface area (Å²) in [7, 11) is 1.13. The SMILES string of the molecule is Cc1nc(NC(=O)c2nn(C)c(C(F)(F)F)c2Br)sc1C. The molecule has 2 rings (SSSR count). The summed E-state index contributed by atoms with van der Waals surface area (Å²) in [5.41, 5.74) is -0.596. The van der Waals surface area contributed by atoms with Gasteiger partial charge in [-0.05, 0) is 29.8 Å². The quantitative estimate of drug-likeness (QED) is 0.863. The molecular formula is C11H10BrF3N4OS. The van der Waals surface area contributed by atoms with E-state index in [1.54, 1.807) is 6.92 Å². The van der Waals surface area contributed by atoms with Crippen LogP contribution >= 0.6 is 27.3 Å². The fraction of sp³-hybridized carbons (Fsp3) is 0.364. The Morgan fingerprint density at radius 2 is 2.00 bits per heavy atom. The zero-order valence-corrected chi connectivity index (χ0v) is 13.6. The van der Waals surface area contributed by atoms with Crippen LogP contribution in [0.3, 0.4) is 0 Å². The Hall–Kier alpha value is -1.42. The third kappa shape index (κ3) is 3.10. The topological polar surface area (TPSA) is 59.8 Å². The Bertz CT molecular complexity index is 688. The van der Waals surface area contributed by atoms with E-state index in [-0.39, 0.29) is 10.2 Å².